The van der Waals surface area contributed by atoms with Crippen LogP contribution in [0.5, 0.6) is 0 Å². The van der Waals surface area contributed by atoms with E-state index in [-0.39, 0.29) is 24.3 Å². The zero-order valence-electron chi connectivity index (χ0n) is 22.9. The molecule has 7 heteroatoms. The number of hydrogen-bond donors (Lipinski definition) is 2. The highest BCUT2D eigenvalue weighted by Gasteiger charge is 2.37. The van der Waals surface area contributed by atoms with Gasteiger partial charge in [0.05, 0.1) is 0 Å². The molecule has 0 aliphatic rings. The van der Waals surface area contributed by atoms with Gasteiger partial charge in [0.15, 0.2) is 0 Å². The van der Waals surface area contributed by atoms with Crippen LogP contribution in [0.4, 0.5) is 4.79 Å². The Labute approximate surface area is 211 Å². The summed E-state index contributed by atoms with van der Waals surface area (Å²) >= 11 is 0. The van der Waals surface area contributed by atoms with Gasteiger partial charge in [0.1, 0.15) is 17.7 Å². The first-order valence-corrected chi connectivity index (χ1v) is 12.6. The van der Waals surface area contributed by atoms with Crippen LogP contribution in [-0.2, 0) is 14.3 Å². The molecule has 3 unspecified atom stereocenters. The fourth-order valence-corrected chi connectivity index (χ4v) is 3.88. The van der Waals surface area contributed by atoms with Crippen LogP contribution in [0, 0.1) is 19.8 Å². The second-order valence-electron chi connectivity index (χ2n) is 10.3. The molecular weight excluding hydrogens is 442 g/mol. The predicted octanol–water partition coefficient (Wildman–Crippen LogP) is 5.21. The number of benzene rings is 1. The van der Waals surface area contributed by atoms with Crippen LogP contribution in [0.25, 0.3) is 0 Å². The Kier molecular flexibility index (Phi) is 12.0. The van der Waals surface area contributed by atoms with E-state index in [9.17, 15) is 14.4 Å². The second-order valence-corrected chi connectivity index (χ2v) is 10.3. The number of carbonyl (C=O) groups is 3. The number of amides is 3. The molecule has 0 spiro atoms. The molecule has 0 aliphatic heterocycles. The summed E-state index contributed by atoms with van der Waals surface area (Å²) in [7, 11) is 0. The first kappa shape index (κ1) is 30.2. The van der Waals surface area contributed by atoms with Crippen molar-refractivity contribution in [2.24, 2.45) is 5.92 Å². The Hall–Kier alpha value is -2.83. The molecule has 1 rings (SSSR count). The topological polar surface area (TPSA) is 87.7 Å². The number of ether oxygens (including phenoxy) is 1. The number of hydrogen-bond acceptors (Lipinski definition) is 4. The van der Waals surface area contributed by atoms with Gasteiger partial charge in [-0.3, -0.25) is 9.59 Å². The summed E-state index contributed by atoms with van der Waals surface area (Å²) in [6.07, 6.45) is 3.39. The van der Waals surface area contributed by atoms with Crippen molar-refractivity contribution in [3.8, 4) is 0 Å². The SMILES string of the molecule is C=CCN(C(=O)C(NC(=O)OC(C)(C)C)C(C)CC)C(C(=O)NCCCC)c1cc(C)cc(C)c1. The third-order valence-corrected chi connectivity index (χ3v) is 5.71. The summed E-state index contributed by atoms with van der Waals surface area (Å²) in [5, 5.41) is 5.75. The molecular formula is C28H45N3O4. The minimum absolute atomic E-state index is 0.153. The second kappa shape index (κ2) is 13.9. The molecule has 3 atom stereocenters. The van der Waals surface area contributed by atoms with Crippen LogP contribution in [0.3, 0.4) is 0 Å². The first-order valence-electron chi connectivity index (χ1n) is 12.6. The van der Waals surface area contributed by atoms with Gasteiger partial charge >= 0.3 is 6.09 Å². The molecule has 1 aromatic carbocycles. The Morgan fingerprint density at radius 1 is 1.11 bits per heavy atom. The molecule has 196 valence electrons. The standard InChI is InChI=1S/C28H45N3O4/c1-10-13-14-29-25(32)24(22-17-19(4)16-20(5)18-22)31(15-11-2)26(33)23(21(6)12-3)30-27(34)35-28(7,8)9/h11,16-18,21,23-24H,2,10,12-15H2,1,3-9H3,(H,29,32)(H,30,34). The number of nitrogens with one attached hydrogen (secondary N) is 2. The van der Waals surface area contributed by atoms with Crippen molar-refractivity contribution in [2.45, 2.75) is 92.3 Å². The minimum Gasteiger partial charge on any atom is -0.444 e. The number of rotatable bonds is 12. The lowest BCUT2D eigenvalue weighted by Gasteiger charge is -2.35. The predicted molar refractivity (Wildman–Crippen MR) is 141 cm³/mol. The van der Waals surface area contributed by atoms with Gasteiger partial charge in [-0.2, -0.15) is 0 Å². The van der Waals surface area contributed by atoms with Gasteiger partial charge in [0.25, 0.3) is 0 Å². The van der Waals surface area contributed by atoms with E-state index in [1.807, 2.05) is 45.9 Å². The third-order valence-electron chi connectivity index (χ3n) is 5.71. The van der Waals surface area contributed by atoms with Gasteiger partial charge in [0.2, 0.25) is 11.8 Å². The molecule has 2 N–H and O–H groups in total. The fraction of sp³-hybridized carbons (Fsp3) is 0.607. The van der Waals surface area contributed by atoms with E-state index in [1.54, 1.807) is 26.8 Å². The number of nitrogens with zero attached hydrogens (tertiary/aromatic N) is 1. The Morgan fingerprint density at radius 2 is 1.71 bits per heavy atom. The maximum absolute atomic E-state index is 14.0. The summed E-state index contributed by atoms with van der Waals surface area (Å²) in [4.78, 5) is 41.6. The molecule has 35 heavy (non-hydrogen) atoms. The van der Waals surface area contributed by atoms with Crippen molar-refractivity contribution in [1.82, 2.24) is 15.5 Å². The monoisotopic (exact) mass is 487 g/mol. The fourth-order valence-electron chi connectivity index (χ4n) is 3.88. The van der Waals surface area contributed by atoms with Gasteiger partial charge in [-0.1, -0.05) is 69.0 Å². The van der Waals surface area contributed by atoms with E-state index in [0.717, 1.165) is 29.5 Å². The average Bonchev–Trinajstić information content (AvgIpc) is 2.74. The van der Waals surface area contributed by atoms with Crippen molar-refractivity contribution >= 4 is 17.9 Å². The summed E-state index contributed by atoms with van der Waals surface area (Å²) < 4.78 is 5.42. The van der Waals surface area contributed by atoms with Crippen LogP contribution in [-0.4, -0.2) is 47.5 Å². The van der Waals surface area contributed by atoms with E-state index >= 15 is 0 Å². The molecule has 0 bridgehead atoms. The molecule has 0 aliphatic carbocycles. The van der Waals surface area contributed by atoms with E-state index in [1.165, 1.54) is 4.90 Å². The van der Waals surface area contributed by atoms with Crippen LogP contribution in [0.15, 0.2) is 30.9 Å². The minimum atomic E-state index is -0.858. The summed E-state index contributed by atoms with van der Waals surface area (Å²) in [5.41, 5.74) is 2.03. The van der Waals surface area contributed by atoms with Gasteiger partial charge in [0, 0.05) is 13.1 Å². The van der Waals surface area contributed by atoms with Crippen LogP contribution < -0.4 is 10.6 Å². The molecule has 3 amide bonds. The molecule has 0 saturated heterocycles. The summed E-state index contributed by atoms with van der Waals surface area (Å²) in [6, 6.07) is 4.18. The lowest BCUT2D eigenvalue weighted by Crippen LogP contribution is -2.55. The zero-order valence-corrected chi connectivity index (χ0v) is 22.9. The molecule has 0 heterocycles. The maximum atomic E-state index is 14.0. The lowest BCUT2D eigenvalue weighted by molar-refractivity contribution is -0.142. The summed E-state index contributed by atoms with van der Waals surface area (Å²) in [5.74, 6) is -0.774. The number of aryl methyl sites for hydroxylation is 2. The normalized spacial score (nSPS) is 13.8. The average molecular weight is 488 g/mol. The van der Waals surface area contributed by atoms with Crippen LogP contribution in [0.1, 0.15) is 83.5 Å². The van der Waals surface area contributed by atoms with Gasteiger partial charge in [-0.25, -0.2) is 4.79 Å². The summed E-state index contributed by atoms with van der Waals surface area (Å²) in [6.45, 7) is 19.7. The highest BCUT2D eigenvalue weighted by atomic mass is 16.6. The number of alkyl carbamates (subject to hydrolysis) is 1. The van der Waals surface area contributed by atoms with Crippen molar-refractivity contribution < 1.29 is 19.1 Å². The third kappa shape index (κ3) is 9.74. The smallest absolute Gasteiger partial charge is 0.408 e. The van der Waals surface area contributed by atoms with E-state index in [4.69, 9.17) is 4.74 Å². The van der Waals surface area contributed by atoms with Crippen LogP contribution in [0.2, 0.25) is 0 Å². The zero-order chi connectivity index (χ0) is 26.8. The Balaban J connectivity index is 3.48. The molecule has 7 nitrogen and oxygen atoms in total. The number of unbranched alkanes of at least 4 members (excludes halogenated alkanes) is 1. The lowest BCUT2D eigenvalue weighted by atomic mass is 9.94. The van der Waals surface area contributed by atoms with E-state index in [2.05, 4.69) is 24.1 Å². The van der Waals surface area contributed by atoms with Gasteiger partial charge < -0.3 is 20.3 Å². The quantitative estimate of drug-likeness (QED) is 0.313. The van der Waals surface area contributed by atoms with E-state index < -0.39 is 23.8 Å². The molecule has 1 aromatic rings. The molecule has 0 fully saturated rings. The Bertz CT molecular complexity index is 855. The molecule has 0 saturated carbocycles. The first-order chi connectivity index (χ1) is 16.3. The molecule has 0 aromatic heterocycles. The van der Waals surface area contributed by atoms with Crippen LogP contribution >= 0.6 is 0 Å². The van der Waals surface area contributed by atoms with Crippen molar-refractivity contribution in [2.75, 3.05) is 13.1 Å². The van der Waals surface area contributed by atoms with Crippen molar-refractivity contribution in [3.63, 3.8) is 0 Å². The van der Waals surface area contributed by atoms with Crippen molar-refractivity contribution in [1.29, 1.82) is 0 Å². The highest BCUT2D eigenvalue weighted by Crippen LogP contribution is 2.26. The molecule has 0 radical (unpaired) electrons. The number of carbonyl (C=O) groups excluding carboxylic acids is 3. The van der Waals surface area contributed by atoms with Gasteiger partial charge in [-0.05, 0) is 52.5 Å². The van der Waals surface area contributed by atoms with Crippen molar-refractivity contribution in [3.05, 3.63) is 47.5 Å². The highest BCUT2D eigenvalue weighted by molar-refractivity contribution is 5.92. The van der Waals surface area contributed by atoms with E-state index in [0.29, 0.717) is 13.0 Å². The maximum Gasteiger partial charge on any atom is 0.408 e. The largest absolute Gasteiger partial charge is 0.444 e. The Morgan fingerprint density at radius 3 is 2.20 bits per heavy atom. The van der Waals surface area contributed by atoms with Gasteiger partial charge in [-0.15, -0.1) is 6.58 Å².